The van der Waals surface area contributed by atoms with Gasteiger partial charge >= 0.3 is 0 Å². The Balaban J connectivity index is 1.55. The van der Waals surface area contributed by atoms with Crippen LogP contribution in [0.15, 0.2) is 36.7 Å². The number of aromatic nitrogens is 2. The smallest absolute Gasteiger partial charge is 0.271 e. The minimum absolute atomic E-state index is 0.101. The van der Waals surface area contributed by atoms with Crippen molar-refractivity contribution >= 4 is 21.6 Å². The summed E-state index contributed by atoms with van der Waals surface area (Å²) in [6.07, 6.45) is 3.74. The van der Waals surface area contributed by atoms with Gasteiger partial charge in [0.25, 0.3) is 5.91 Å². The van der Waals surface area contributed by atoms with Crippen molar-refractivity contribution in [3.8, 4) is 0 Å². The summed E-state index contributed by atoms with van der Waals surface area (Å²) in [5.74, 6) is 0.103. The quantitative estimate of drug-likeness (QED) is 0.795. The van der Waals surface area contributed by atoms with Gasteiger partial charge in [0.15, 0.2) is 9.84 Å². The molecule has 0 bridgehead atoms. The fraction of sp³-hybridized carbons (Fsp3) is 0.389. The first kappa shape index (κ1) is 19.2. The summed E-state index contributed by atoms with van der Waals surface area (Å²) in [4.78, 5) is 22.2. The standard InChI is InChI=1S/C18H21FN4O3S/c1-23(14-7-9-27(25,26)12-14)17-11-21-16(10-22-17)18(24)20-8-6-13-4-2-3-5-15(13)19/h2-5,10-11,14H,6-9,12H2,1H3,(H,20,24). The molecule has 1 aromatic carbocycles. The first-order chi connectivity index (χ1) is 12.9. The summed E-state index contributed by atoms with van der Waals surface area (Å²) in [6.45, 7) is 0.281. The van der Waals surface area contributed by atoms with E-state index >= 15 is 0 Å². The molecule has 27 heavy (non-hydrogen) atoms. The van der Waals surface area contributed by atoms with Crippen LogP contribution in [-0.2, 0) is 16.3 Å². The van der Waals surface area contributed by atoms with Crippen LogP contribution in [0.4, 0.5) is 10.2 Å². The molecule has 0 radical (unpaired) electrons. The third-order valence-electron chi connectivity index (χ3n) is 4.63. The van der Waals surface area contributed by atoms with Crippen LogP contribution in [0.1, 0.15) is 22.5 Å². The first-order valence-electron chi connectivity index (χ1n) is 8.62. The lowest BCUT2D eigenvalue weighted by molar-refractivity contribution is 0.0948. The average molecular weight is 392 g/mol. The molecule has 1 saturated heterocycles. The predicted molar refractivity (Wildman–Crippen MR) is 99.9 cm³/mol. The summed E-state index contributed by atoms with van der Waals surface area (Å²) in [5, 5.41) is 2.69. The Bertz CT molecular complexity index is 918. The molecular formula is C18H21FN4O3S. The van der Waals surface area contributed by atoms with Crippen molar-refractivity contribution in [1.29, 1.82) is 0 Å². The number of hydrogen-bond donors (Lipinski definition) is 1. The molecule has 3 rings (SSSR count). The fourth-order valence-corrected chi connectivity index (χ4v) is 4.77. The first-order valence-corrected chi connectivity index (χ1v) is 10.4. The highest BCUT2D eigenvalue weighted by Crippen LogP contribution is 2.20. The van der Waals surface area contributed by atoms with Crippen LogP contribution in [0.2, 0.25) is 0 Å². The molecule has 2 aromatic rings. The van der Waals surface area contributed by atoms with Crippen molar-refractivity contribution in [2.45, 2.75) is 18.9 Å². The van der Waals surface area contributed by atoms with Crippen LogP contribution in [0.5, 0.6) is 0 Å². The molecule has 0 aliphatic carbocycles. The van der Waals surface area contributed by atoms with Gasteiger partial charge in [-0.2, -0.15) is 0 Å². The fourth-order valence-electron chi connectivity index (χ4n) is 2.99. The second-order valence-electron chi connectivity index (χ2n) is 6.52. The molecule has 7 nitrogen and oxygen atoms in total. The Morgan fingerprint density at radius 2 is 2.07 bits per heavy atom. The van der Waals surface area contributed by atoms with E-state index in [1.165, 1.54) is 18.5 Å². The maximum atomic E-state index is 13.6. The molecule has 1 amide bonds. The summed E-state index contributed by atoms with van der Waals surface area (Å²) in [5.41, 5.74) is 0.687. The van der Waals surface area contributed by atoms with E-state index in [1.807, 2.05) is 0 Å². The van der Waals surface area contributed by atoms with Crippen molar-refractivity contribution in [3.05, 3.63) is 53.7 Å². The molecular weight excluding hydrogens is 371 g/mol. The SMILES string of the molecule is CN(c1cnc(C(=O)NCCc2ccccc2F)cn1)C1CCS(=O)(=O)C1. The highest BCUT2D eigenvalue weighted by molar-refractivity contribution is 7.91. The van der Waals surface area contributed by atoms with Crippen LogP contribution in [0.25, 0.3) is 0 Å². The highest BCUT2D eigenvalue weighted by atomic mass is 32.2. The van der Waals surface area contributed by atoms with E-state index in [-0.39, 0.29) is 35.6 Å². The highest BCUT2D eigenvalue weighted by Gasteiger charge is 2.31. The number of amides is 1. The van der Waals surface area contributed by atoms with Crippen LogP contribution in [0.3, 0.4) is 0 Å². The number of sulfone groups is 1. The molecule has 1 unspecified atom stereocenters. The summed E-state index contributed by atoms with van der Waals surface area (Å²) >= 11 is 0. The van der Waals surface area contributed by atoms with Crippen LogP contribution >= 0.6 is 0 Å². The van der Waals surface area contributed by atoms with Crippen molar-refractivity contribution in [1.82, 2.24) is 15.3 Å². The molecule has 1 atom stereocenters. The van der Waals surface area contributed by atoms with Crippen molar-refractivity contribution < 1.29 is 17.6 Å². The lowest BCUT2D eigenvalue weighted by atomic mass is 10.1. The summed E-state index contributed by atoms with van der Waals surface area (Å²) in [6, 6.07) is 6.29. The molecule has 144 valence electrons. The maximum Gasteiger partial charge on any atom is 0.271 e. The monoisotopic (exact) mass is 392 g/mol. The predicted octanol–water partition coefficient (Wildman–Crippen LogP) is 1.21. The number of nitrogens with zero attached hydrogens (tertiary/aromatic N) is 3. The lowest BCUT2D eigenvalue weighted by Gasteiger charge is -2.23. The van der Waals surface area contributed by atoms with Gasteiger partial charge in [-0.25, -0.2) is 22.8 Å². The van der Waals surface area contributed by atoms with Crippen molar-refractivity contribution in [2.24, 2.45) is 0 Å². The van der Waals surface area contributed by atoms with E-state index in [0.29, 0.717) is 24.2 Å². The normalized spacial score (nSPS) is 18.2. The minimum atomic E-state index is -2.99. The summed E-state index contributed by atoms with van der Waals surface area (Å²) < 4.78 is 36.8. The molecule has 1 aliphatic rings. The number of carbonyl (C=O) groups excluding carboxylic acids is 1. The molecule has 0 spiro atoms. The van der Waals surface area contributed by atoms with Crippen molar-refractivity contribution in [3.63, 3.8) is 0 Å². The number of anilines is 1. The van der Waals surface area contributed by atoms with Crippen LogP contribution in [-0.4, -0.2) is 55.4 Å². The Kier molecular flexibility index (Phi) is 5.69. The third-order valence-corrected chi connectivity index (χ3v) is 6.38. The number of benzene rings is 1. The molecule has 9 heteroatoms. The number of rotatable bonds is 6. The largest absolute Gasteiger partial charge is 0.354 e. The summed E-state index contributed by atoms with van der Waals surface area (Å²) in [7, 11) is -1.22. The number of nitrogens with one attached hydrogen (secondary N) is 1. The zero-order valence-corrected chi connectivity index (χ0v) is 15.7. The number of halogens is 1. The van der Waals surface area contributed by atoms with Crippen molar-refractivity contribution in [2.75, 3.05) is 30.0 Å². The minimum Gasteiger partial charge on any atom is -0.354 e. The van der Waals surface area contributed by atoms with Gasteiger partial charge in [0.2, 0.25) is 0 Å². The van der Waals surface area contributed by atoms with Crippen LogP contribution in [0, 0.1) is 5.82 Å². The van der Waals surface area contributed by atoms with Crippen LogP contribution < -0.4 is 10.2 Å². The Hall–Kier alpha value is -2.55. The van der Waals surface area contributed by atoms with E-state index < -0.39 is 15.7 Å². The molecule has 1 N–H and O–H groups in total. The van der Waals surface area contributed by atoms with Gasteiger partial charge in [-0.05, 0) is 24.5 Å². The van der Waals surface area contributed by atoms with Gasteiger partial charge in [0.1, 0.15) is 17.3 Å². The zero-order valence-electron chi connectivity index (χ0n) is 14.9. The van der Waals surface area contributed by atoms with Gasteiger partial charge in [-0.1, -0.05) is 18.2 Å². The van der Waals surface area contributed by atoms with E-state index in [1.54, 1.807) is 30.1 Å². The molecule has 1 fully saturated rings. The Labute approximate surface area is 157 Å². The second-order valence-corrected chi connectivity index (χ2v) is 8.75. The van der Waals surface area contributed by atoms with E-state index in [4.69, 9.17) is 0 Å². The molecule has 0 saturated carbocycles. The zero-order chi connectivity index (χ0) is 19.4. The molecule has 2 heterocycles. The van der Waals surface area contributed by atoms with Gasteiger partial charge in [-0.3, -0.25) is 4.79 Å². The number of carbonyl (C=O) groups is 1. The molecule has 1 aliphatic heterocycles. The average Bonchev–Trinajstić information content (AvgIpc) is 3.02. The number of hydrogen-bond acceptors (Lipinski definition) is 6. The third kappa shape index (κ3) is 4.79. The Morgan fingerprint density at radius 3 is 2.70 bits per heavy atom. The molecule has 1 aromatic heterocycles. The van der Waals surface area contributed by atoms with Gasteiger partial charge in [0, 0.05) is 19.6 Å². The Morgan fingerprint density at radius 1 is 1.30 bits per heavy atom. The topological polar surface area (TPSA) is 92.3 Å². The van der Waals surface area contributed by atoms with Gasteiger partial charge < -0.3 is 10.2 Å². The van der Waals surface area contributed by atoms with E-state index in [2.05, 4.69) is 15.3 Å². The lowest BCUT2D eigenvalue weighted by Crippen LogP contribution is -2.33. The van der Waals surface area contributed by atoms with E-state index in [9.17, 15) is 17.6 Å². The van der Waals surface area contributed by atoms with Gasteiger partial charge in [-0.15, -0.1) is 0 Å². The maximum absolute atomic E-state index is 13.6. The van der Waals surface area contributed by atoms with E-state index in [0.717, 1.165) is 0 Å². The second kappa shape index (κ2) is 7.99. The van der Waals surface area contributed by atoms with Gasteiger partial charge in [0.05, 0.1) is 23.9 Å².